The van der Waals surface area contributed by atoms with E-state index in [0.717, 1.165) is 5.06 Å². The highest BCUT2D eigenvalue weighted by atomic mass is 32.2. The molecular weight excluding hydrogens is 316 g/mol. The van der Waals surface area contributed by atoms with E-state index in [1.165, 1.54) is 0 Å². The van der Waals surface area contributed by atoms with Gasteiger partial charge in [0.2, 0.25) is 5.94 Å². The average Bonchev–Trinajstić information content (AvgIpc) is 2.47. The molecule has 0 unspecified atom stereocenters. The van der Waals surface area contributed by atoms with E-state index in [1.807, 2.05) is 0 Å². The molecular formula is C12H14N2O7S. The van der Waals surface area contributed by atoms with Crippen molar-refractivity contribution in [2.75, 3.05) is 19.1 Å². The predicted octanol–water partition coefficient (Wildman–Crippen LogP) is -0.831. The monoisotopic (exact) mass is 330 g/mol. The van der Waals surface area contributed by atoms with Crippen LogP contribution in [-0.2, 0) is 24.5 Å². The number of nitrogens with one attached hydrogen (secondary N) is 1. The molecule has 1 fully saturated rings. The van der Waals surface area contributed by atoms with Crippen molar-refractivity contribution >= 4 is 21.9 Å². The van der Waals surface area contributed by atoms with Crippen LogP contribution in [-0.4, -0.2) is 55.0 Å². The molecule has 1 aromatic carbocycles. The third-order valence-electron chi connectivity index (χ3n) is 2.70. The summed E-state index contributed by atoms with van der Waals surface area (Å²) in [6.45, 7) is -0.259. The van der Waals surface area contributed by atoms with Crippen LogP contribution in [0.5, 0.6) is 5.75 Å². The number of hydrogen-bond acceptors (Lipinski definition) is 6. The van der Waals surface area contributed by atoms with Crippen LogP contribution in [0.15, 0.2) is 30.3 Å². The van der Waals surface area contributed by atoms with E-state index < -0.39 is 33.9 Å². The fourth-order valence-corrected chi connectivity index (χ4v) is 1.91. The number of carbonyl (C=O) groups excluding carboxylic acids is 2. The molecule has 0 saturated carbocycles. The van der Waals surface area contributed by atoms with Crippen molar-refractivity contribution in [2.45, 2.75) is 6.04 Å². The minimum absolute atomic E-state index is 0.00850. The second kappa shape index (κ2) is 6.73. The molecule has 0 aliphatic carbocycles. The van der Waals surface area contributed by atoms with Crippen LogP contribution in [0.25, 0.3) is 0 Å². The van der Waals surface area contributed by atoms with E-state index in [4.69, 9.17) is 9.29 Å². The first-order chi connectivity index (χ1) is 10.3. The van der Waals surface area contributed by atoms with Crippen molar-refractivity contribution in [3.8, 4) is 5.75 Å². The molecule has 2 rings (SSSR count). The Morgan fingerprint density at radius 3 is 2.64 bits per heavy atom. The van der Waals surface area contributed by atoms with E-state index >= 15 is 0 Å². The van der Waals surface area contributed by atoms with E-state index in [2.05, 4.69) is 10.2 Å². The molecule has 1 saturated heterocycles. The van der Waals surface area contributed by atoms with Gasteiger partial charge in [0.25, 0.3) is 21.9 Å². The molecule has 120 valence electrons. The van der Waals surface area contributed by atoms with Crippen LogP contribution in [0, 0.1) is 0 Å². The van der Waals surface area contributed by atoms with Gasteiger partial charge in [-0.1, -0.05) is 18.2 Å². The molecule has 10 heteroatoms. The second-order valence-corrected chi connectivity index (χ2v) is 5.85. The Balaban J connectivity index is 1.69. The van der Waals surface area contributed by atoms with Gasteiger partial charge in [0, 0.05) is 0 Å². The van der Waals surface area contributed by atoms with Crippen molar-refractivity contribution < 1.29 is 32.1 Å². The van der Waals surface area contributed by atoms with Crippen LogP contribution in [0.1, 0.15) is 0 Å². The van der Waals surface area contributed by atoms with E-state index in [-0.39, 0.29) is 13.2 Å². The smallest absolute Gasteiger partial charge is 0.292 e. The molecule has 1 aliphatic rings. The molecule has 2 N–H and O–H groups in total. The van der Waals surface area contributed by atoms with Gasteiger partial charge in [-0.05, 0) is 12.1 Å². The van der Waals surface area contributed by atoms with E-state index in [9.17, 15) is 18.0 Å². The number of hydrogen-bond donors (Lipinski definition) is 2. The van der Waals surface area contributed by atoms with Crippen LogP contribution < -0.4 is 10.1 Å². The number of nitrogens with zero attached hydrogens (tertiary/aromatic N) is 1. The summed E-state index contributed by atoms with van der Waals surface area (Å²) in [6.07, 6.45) is 0. The molecule has 2 amide bonds. The summed E-state index contributed by atoms with van der Waals surface area (Å²) in [5.74, 6) is -1.58. The molecule has 1 atom stereocenters. The first-order valence-electron chi connectivity index (χ1n) is 6.22. The highest BCUT2D eigenvalue weighted by Crippen LogP contribution is 2.12. The Labute approximate surface area is 126 Å². The number of amides is 2. The lowest BCUT2D eigenvalue weighted by molar-refractivity contribution is -0.207. The zero-order valence-corrected chi connectivity index (χ0v) is 12.2. The zero-order chi connectivity index (χ0) is 16.2. The van der Waals surface area contributed by atoms with Crippen molar-refractivity contribution in [3.63, 3.8) is 0 Å². The van der Waals surface area contributed by atoms with Gasteiger partial charge >= 0.3 is 0 Å². The number of rotatable bonds is 7. The maximum absolute atomic E-state index is 11.6. The Hall–Kier alpha value is -2.17. The fourth-order valence-electron chi connectivity index (χ4n) is 1.65. The van der Waals surface area contributed by atoms with Gasteiger partial charge in [0.15, 0.2) is 6.61 Å². The van der Waals surface area contributed by atoms with Crippen LogP contribution in [0.3, 0.4) is 0 Å². The normalized spacial score (nSPS) is 17.8. The molecule has 0 spiro atoms. The Bertz CT molecular complexity index is 647. The quantitative estimate of drug-likeness (QED) is 0.494. The highest BCUT2D eigenvalue weighted by Gasteiger charge is 2.39. The third-order valence-corrected chi connectivity index (χ3v) is 3.10. The number of hydroxylamine groups is 2. The summed E-state index contributed by atoms with van der Waals surface area (Å²) >= 11 is 0. The van der Waals surface area contributed by atoms with Gasteiger partial charge < -0.3 is 10.1 Å². The lowest BCUT2D eigenvalue weighted by Crippen LogP contribution is -2.64. The van der Waals surface area contributed by atoms with Crippen LogP contribution in [0.2, 0.25) is 0 Å². The minimum Gasteiger partial charge on any atom is -0.484 e. The minimum atomic E-state index is -4.32. The topological polar surface area (TPSA) is 122 Å². The third kappa shape index (κ3) is 4.69. The summed E-state index contributed by atoms with van der Waals surface area (Å²) in [4.78, 5) is 27.7. The van der Waals surface area contributed by atoms with Gasteiger partial charge in [0.1, 0.15) is 11.8 Å². The lowest BCUT2D eigenvalue weighted by Gasteiger charge is -2.36. The van der Waals surface area contributed by atoms with Crippen molar-refractivity contribution in [3.05, 3.63) is 30.3 Å². The highest BCUT2D eigenvalue weighted by molar-refractivity contribution is 7.85. The molecule has 22 heavy (non-hydrogen) atoms. The number of ether oxygens (including phenoxy) is 1. The van der Waals surface area contributed by atoms with Crippen LogP contribution >= 0.6 is 0 Å². The maximum Gasteiger partial charge on any atom is 0.292 e. The van der Waals surface area contributed by atoms with Gasteiger partial charge in [-0.15, -0.1) is 0 Å². The Morgan fingerprint density at radius 2 is 2.05 bits per heavy atom. The summed E-state index contributed by atoms with van der Waals surface area (Å²) < 4.78 is 34.6. The summed E-state index contributed by atoms with van der Waals surface area (Å²) in [5, 5.41) is 3.16. The summed E-state index contributed by atoms with van der Waals surface area (Å²) in [6, 6.07) is 7.90. The number of β-lactam (4-membered cyclic amide) rings is 1. The molecule has 0 radical (unpaired) electrons. The molecule has 9 nitrogen and oxygen atoms in total. The van der Waals surface area contributed by atoms with Gasteiger partial charge in [-0.25, -0.2) is 5.06 Å². The SMILES string of the molecule is O=C(COc1ccccc1)N[C@H]1CN(OCS(=O)(=O)O)C1=O. The molecule has 0 aromatic heterocycles. The first-order valence-corrected chi connectivity index (χ1v) is 7.83. The lowest BCUT2D eigenvalue weighted by atomic mass is 10.1. The van der Waals surface area contributed by atoms with Crippen LogP contribution in [0.4, 0.5) is 0 Å². The summed E-state index contributed by atoms with van der Waals surface area (Å²) in [5.41, 5.74) is 0. The van der Waals surface area contributed by atoms with E-state index in [1.54, 1.807) is 30.3 Å². The fraction of sp³-hybridized carbons (Fsp3) is 0.333. The van der Waals surface area contributed by atoms with Gasteiger partial charge in [-0.3, -0.25) is 19.0 Å². The maximum atomic E-state index is 11.6. The Kier molecular flexibility index (Phi) is 4.96. The molecule has 1 aromatic rings. The summed E-state index contributed by atoms with van der Waals surface area (Å²) in [7, 11) is -4.32. The second-order valence-electron chi connectivity index (χ2n) is 4.45. The molecule has 0 bridgehead atoms. The van der Waals surface area contributed by atoms with Crippen molar-refractivity contribution in [2.24, 2.45) is 0 Å². The first kappa shape index (κ1) is 16.2. The number of para-hydroxylation sites is 1. The number of benzene rings is 1. The van der Waals surface area contributed by atoms with Crippen molar-refractivity contribution in [1.29, 1.82) is 0 Å². The Morgan fingerprint density at radius 1 is 1.36 bits per heavy atom. The standard InChI is InChI=1S/C12H14N2O7S/c15-11(7-20-9-4-2-1-3-5-9)13-10-6-14(12(10)16)21-8-22(17,18)19/h1-5,10H,6-8H2,(H,13,15)(H,17,18,19)/t10-/m0/s1. The molecule has 1 aliphatic heterocycles. The van der Waals surface area contributed by atoms with Crippen molar-refractivity contribution in [1.82, 2.24) is 10.4 Å². The van der Waals surface area contributed by atoms with E-state index in [0.29, 0.717) is 5.75 Å². The average molecular weight is 330 g/mol. The predicted molar refractivity (Wildman–Crippen MR) is 73.1 cm³/mol. The zero-order valence-electron chi connectivity index (χ0n) is 11.3. The largest absolute Gasteiger partial charge is 0.484 e. The van der Waals surface area contributed by atoms with Gasteiger partial charge in [-0.2, -0.15) is 8.42 Å². The number of carbonyl (C=O) groups is 2. The van der Waals surface area contributed by atoms with Gasteiger partial charge in [0.05, 0.1) is 6.54 Å². The molecule has 1 heterocycles.